The number of nitrogens with zero attached hydrogens (tertiary/aromatic N) is 5. The highest BCUT2D eigenvalue weighted by molar-refractivity contribution is 7.89. The number of ether oxygens (including phenoxy) is 1. The lowest BCUT2D eigenvalue weighted by Gasteiger charge is -2.35. The highest BCUT2D eigenvalue weighted by atomic mass is 32.2. The molecule has 10 nitrogen and oxygen atoms in total. The SMILES string of the molecule is COc1cccnc1N1CCN(C(=O)CCNS(=O)(=O)c2cn(C)c(C)n2)CC1. The Morgan fingerprint density at radius 1 is 1.28 bits per heavy atom. The lowest BCUT2D eigenvalue weighted by Crippen LogP contribution is -2.49. The van der Waals surface area contributed by atoms with Gasteiger partial charge < -0.3 is 19.1 Å². The number of pyridine rings is 1. The smallest absolute Gasteiger partial charge is 0.259 e. The molecule has 0 spiro atoms. The van der Waals surface area contributed by atoms with E-state index in [9.17, 15) is 13.2 Å². The van der Waals surface area contributed by atoms with Gasteiger partial charge in [0, 0.05) is 58.6 Å². The molecule has 29 heavy (non-hydrogen) atoms. The molecule has 1 fully saturated rings. The summed E-state index contributed by atoms with van der Waals surface area (Å²) >= 11 is 0. The summed E-state index contributed by atoms with van der Waals surface area (Å²) < 4.78 is 34.0. The molecule has 1 aliphatic heterocycles. The number of aromatic nitrogens is 3. The largest absolute Gasteiger partial charge is 0.493 e. The van der Waals surface area contributed by atoms with Crippen molar-refractivity contribution in [1.82, 2.24) is 24.2 Å². The maximum Gasteiger partial charge on any atom is 0.259 e. The average Bonchev–Trinajstić information content (AvgIpc) is 3.07. The molecule has 1 saturated heterocycles. The van der Waals surface area contributed by atoms with E-state index in [-0.39, 0.29) is 23.9 Å². The van der Waals surface area contributed by atoms with Crippen LogP contribution in [0.25, 0.3) is 0 Å². The summed E-state index contributed by atoms with van der Waals surface area (Å²) in [6.45, 7) is 4.12. The van der Waals surface area contributed by atoms with Gasteiger partial charge in [0.15, 0.2) is 16.6 Å². The van der Waals surface area contributed by atoms with Crippen molar-refractivity contribution < 1.29 is 17.9 Å². The minimum Gasteiger partial charge on any atom is -0.493 e. The Hall–Kier alpha value is -2.66. The molecular weight excluding hydrogens is 396 g/mol. The minimum atomic E-state index is -3.72. The standard InChI is InChI=1S/C18H26N6O4S/c1-14-21-16(13-22(14)2)29(26,27)20-8-6-17(25)23-9-11-24(12-10-23)18-15(28-3)5-4-7-19-18/h4-5,7,13,20H,6,8-12H2,1-3H3. The van der Waals surface area contributed by atoms with Crippen LogP contribution in [-0.4, -0.2) is 73.6 Å². The molecule has 2 aromatic rings. The summed E-state index contributed by atoms with van der Waals surface area (Å²) in [5.41, 5.74) is 0. The number of anilines is 1. The number of piperazine rings is 1. The maximum absolute atomic E-state index is 12.5. The molecule has 1 N–H and O–H groups in total. The quantitative estimate of drug-likeness (QED) is 0.676. The number of nitrogens with one attached hydrogen (secondary N) is 1. The highest BCUT2D eigenvalue weighted by Gasteiger charge is 2.24. The third-order valence-electron chi connectivity index (χ3n) is 4.90. The Balaban J connectivity index is 1.49. The van der Waals surface area contributed by atoms with Crippen LogP contribution in [0.4, 0.5) is 5.82 Å². The van der Waals surface area contributed by atoms with Crippen LogP contribution < -0.4 is 14.4 Å². The molecule has 0 atom stereocenters. The van der Waals surface area contributed by atoms with Crippen LogP contribution in [0.2, 0.25) is 0 Å². The van der Waals surface area contributed by atoms with Gasteiger partial charge >= 0.3 is 0 Å². The molecule has 11 heteroatoms. The van der Waals surface area contributed by atoms with Crippen LogP contribution in [0.3, 0.4) is 0 Å². The number of sulfonamides is 1. The van der Waals surface area contributed by atoms with E-state index in [1.807, 2.05) is 12.1 Å². The van der Waals surface area contributed by atoms with Gasteiger partial charge in [0.05, 0.1) is 7.11 Å². The number of hydrogen-bond donors (Lipinski definition) is 1. The Kier molecular flexibility index (Phi) is 6.38. The maximum atomic E-state index is 12.5. The first-order valence-electron chi connectivity index (χ1n) is 9.33. The van der Waals surface area contributed by atoms with Gasteiger partial charge in [-0.3, -0.25) is 4.79 Å². The molecule has 0 saturated carbocycles. The van der Waals surface area contributed by atoms with Crippen molar-refractivity contribution >= 4 is 21.7 Å². The first-order valence-corrected chi connectivity index (χ1v) is 10.8. The van der Waals surface area contributed by atoms with Crippen molar-refractivity contribution in [2.75, 3.05) is 44.7 Å². The zero-order valence-electron chi connectivity index (χ0n) is 16.8. The van der Waals surface area contributed by atoms with E-state index in [2.05, 4.69) is 19.6 Å². The van der Waals surface area contributed by atoms with E-state index in [0.717, 1.165) is 5.82 Å². The first-order chi connectivity index (χ1) is 13.8. The van der Waals surface area contributed by atoms with Gasteiger partial charge in [0.25, 0.3) is 10.0 Å². The van der Waals surface area contributed by atoms with Crippen molar-refractivity contribution in [2.45, 2.75) is 18.4 Å². The molecule has 3 rings (SSSR count). The van der Waals surface area contributed by atoms with Crippen molar-refractivity contribution in [1.29, 1.82) is 0 Å². The third-order valence-corrected chi connectivity index (χ3v) is 6.23. The van der Waals surface area contributed by atoms with Crippen LogP contribution in [0.1, 0.15) is 12.2 Å². The van der Waals surface area contributed by atoms with Crippen LogP contribution in [0.15, 0.2) is 29.6 Å². The summed E-state index contributed by atoms with van der Waals surface area (Å²) in [7, 11) is -0.392. The second-order valence-electron chi connectivity index (χ2n) is 6.78. The molecule has 1 aliphatic rings. The van der Waals surface area contributed by atoms with Crippen LogP contribution >= 0.6 is 0 Å². The van der Waals surface area contributed by atoms with Crippen molar-refractivity contribution in [3.63, 3.8) is 0 Å². The monoisotopic (exact) mass is 422 g/mol. The predicted octanol–water partition coefficient (Wildman–Crippen LogP) is 0.149. The van der Waals surface area contributed by atoms with Crippen LogP contribution in [0, 0.1) is 6.92 Å². The van der Waals surface area contributed by atoms with Gasteiger partial charge in [0.2, 0.25) is 5.91 Å². The van der Waals surface area contributed by atoms with E-state index in [1.54, 1.807) is 36.7 Å². The Bertz CT molecular complexity index is 947. The molecule has 0 unspecified atom stereocenters. The van der Waals surface area contributed by atoms with E-state index in [4.69, 9.17) is 4.74 Å². The fourth-order valence-corrected chi connectivity index (χ4v) is 4.19. The number of carbonyl (C=O) groups excluding carboxylic acids is 1. The number of carbonyl (C=O) groups is 1. The molecule has 1 amide bonds. The van der Waals surface area contributed by atoms with Gasteiger partial charge in [-0.05, 0) is 19.1 Å². The summed E-state index contributed by atoms with van der Waals surface area (Å²) in [5, 5.41) is -0.0390. The highest BCUT2D eigenvalue weighted by Crippen LogP contribution is 2.25. The van der Waals surface area contributed by atoms with E-state index < -0.39 is 10.0 Å². The number of aryl methyl sites for hydroxylation is 2. The fraction of sp³-hybridized carbons (Fsp3) is 0.500. The molecule has 0 aromatic carbocycles. The molecule has 0 aliphatic carbocycles. The molecular formula is C18H26N6O4S. The Morgan fingerprint density at radius 2 is 2.00 bits per heavy atom. The lowest BCUT2D eigenvalue weighted by atomic mass is 10.2. The predicted molar refractivity (Wildman–Crippen MR) is 107 cm³/mol. The van der Waals surface area contributed by atoms with Crippen LogP contribution in [-0.2, 0) is 21.9 Å². The third kappa shape index (κ3) is 4.85. The lowest BCUT2D eigenvalue weighted by molar-refractivity contribution is -0.131. The molecule has 0 radical (unpaired) electrons. The Morgan fingerprint density at radius 3 is 2.62 bits per heavy atom. The minimum absolute atomic E-state index is 0.0328. The van der Waals surface area contributed by atoms with Crippen molar-refractivity contribution in [3.8, 4) is 5.75 Å². The topological polar surface area (TPSA) is 110 Å². The molecule has 158 valence electrons. The second-order valence-corrected chi connectivity index (χ2v) is 8.50. The van der Waals surface area contributed by atoms with Gasteiger partial charge in [0.1, 0.15) is 5.82 Å². The van der Waals surface area contributed by atoms with Gasteiger partial charge in [-0.25, -0.2) is 23.1 Å². The van der Waals surface area contributed by atoms with Gasteiger partial charge in [-0.15, -0.1) is 0 Å². The number of rotatable bonds is 7. The zero-order chi connectivity index (χ0) is 21.0. The van der Waals surface area contributed by atoms with Gasteiger partial charge in [-0.2, -0.15) is 0 Å². The molecule has 0 bridgehead atoms. The van der Waals surface area contributed by atoms with Crippen LogP contribution in [0.5, 0.6) is 5.75 Å². The fourth-order valence-electron chi connectivity index (χ4n) is 3.13. The summed E-state index contributed by atoms with van der Waals surface area (Å²) in [6.07, 6.45) is 3.26. The number of imidazole rings is 1. The Labute approximate surface area is 170 Å². The summed E-state index contributed by atoms with van der Waals surface area (Å²) in [4.78, 5) is 24.7. The van der Waals surface area contributed by atoms with Crippen molar-refractivity contribution in [3.05, 3.63) is 30.4 Å². The van der Waals surface area contributed by atoms with E-state index >= 15 is 0 Å². The molecule has 3 heterocycles. The van der Waals surface area contributed by atoms with Crippen molar-refractivity contribution in [2.24, 2.45) is 7.05 Å². The normalized spacial score (nSPS) is 14.9. The average molecular weight is 423 g/mol. The van der Waals surface area contributed by atoms with E-state index in [0.29, 0.717) is 37.8 Å². The zero-order valence-corrected chi connectivity index (χ0v) is 17.6. The van der Waals surface area contributed by atoms with E-state index in [1.165, 1.54) is 6.20 Å². The number of hydrogen-bond acceptors (Lipinski definition) is 7. The number of methoxy groups -OCH3 is 1. The van der Waals surface area contributed by atoms with Gasteiger partial charge in [-0.1, -0.05) is 0 Å². The number of amides is 1. The molecule has 2 aromatic heterocycles. The first kappa shape index (κ1) is 21.1. The summed E-state index contributed by atoms with van der Waals surface area (Å²) in [5.74, 6) is 1.98. The second kappa shape index (κ2) is 8.78. The summed E-state index contributed by atoms with van der Waals surface area (Å²) in [6, 6.07) is 3.67.